The van der Waals surface area contributed by atoms with Gasteiger partial charge in [0.2, 0.25) is 5.91 Å². The van der Waals surface area contributed by atoms with E-state index in [-0.39, 0.29) is 0 Å². The van der Waals surface area contributed by atoms with Gasteiger partial charge in [0.15, 0.2) is 5.41 Å². The fraction of sp³-hybridized carbons (Fsp3) is 0.500. The summed E-state index contributed by atoms with van der Waals surface area (Å²) in [6.45, 7) is 5.35. The summed E-state index contributed by atoms with van der Waals surface area (Å²) < 4.78 is 4.92. The van der Waals surface area contributed by atoms with Crippen molar-refractivity contribution >= 4 is 23.5 Å². The van der Waals surface area contributed by atoms with E-state index in [1.165, 1.54) is 6.20 Å². The topological polar surface area (TPSA) is 85.4 Å². The lowest BCUT2D eigenvalue weighted by atomic mass is 9.57. The van der Waals surface area contributed by atoms with E-state index in [1.807, 2.05) is 0 Å². The van der Waals surface area contributed by atoms with E-state index in [4.69, 9.17) is 4.74 Å². The van der Waals surface area contributed by atoms with Crippen molar-refractivity contribution in [2.24, 2.45) is 16.2 Å². The number of hydrogen-bond donors (Lipinski definition) is 1. The van der Waals surface area contributed by atoms with Crippen molar-refractivity contribution in [3.63, 3.8) is 0 Å². The van der Waals surface area contributed by atoms with Crippen LogP contribution in [0.2, 0.25) is 0 Å². The molecule has 0 spiro atoms. The number of aromatic nitrogens is 1. The molecule has 1 saturated carbocycles. The van der Waals surface area contributed by atoms with E-state index < -0.39 is 34.1 Å². The van der Waals surface area contributed by atoms with Gasteiger partial charge in [0.05, 0.1) is 17.3 Å². The molecule has 116 valence electrons. The number of anilines is 1. The minimum atomic E-state index is -1.36. The minimum Gasteiger partial charge on any atom is -0.392 e. The van der Waals surface area contributed by atoms with Crippen molar-refractivity contribution in [3.05, 3.63) is 24.5 Å². The molecule has 2 fully saturated rings. The smallest absolute Gasteiger partial charge is 0.329 e. The molecule has 1 N–H and O–H groups in total. The molecule has 22 heavy (non-hydrogen) atoms. The lowest BCUT2D eigenvalue weighted by Crippen LogP contribution is -2.60. The second kappa shape index (κ2) is 4.38. The lowest BCUT2D eigenvalue weighted by molar-refractivity contribution is -0.195. The van der Waals surface area contributed by atoms with Crippen LogP contribution in [0.4, 0.5) is 5.69 Å². The van der Waals surface area contributed by atoms with Crippen LogP contribution in [0.1, 0.15) is 33.6 Å². The third kappa shape index (κ3) is 1.55. The number of cyclic esters (lactones) is 2. The van der Waals surface area contributed by atoms with E-state index in [0.717, 1.165) is 0 Å². The first kappa shape index (κ1) is 14.7. The molecule has 1 saturated heterocycles. The molecule has 0 radical (unpaired) electrons. The Hall–Kier alpha value is -2.24. The van der Waals surface area contributed by atoms with Gasteiger partial charge >= 0.3 is 11.9 Å². The molecule has 1 aromatic heterocycles. The number of carbonyl (C=O) groups is 3. The molecule has 6 heteroatoms. The van der Waals surface area contributed by atoms with Crippen LogP contribution >= 0.6 is 0 Å². The van der Waals surface area contributed by atoms with Crippen LogP contribution in [-0.4, -0.2) is 22.8 Å². The van der Waals surface area contributed by atoms with Crippen molar-refractivity contribution in [3.8, 4) is 0 Å². The summed E-state index contributed by atoms with van der Waals surface area (Å²) in [6, 6.07) is 3.39. The molecule has 6 nitrogen and oxygen atoms in total. The number of amides is 1. The monoisotopic (exact) mass is 302 g/mol. The zero-order valence-electron chi connectivity index (χ0n) is 12.8. The minimum absolute atomic E-state index is 0.299. The van der Waals surface area contributed by atoms with Gasteiger partial charge in [-0.1, -0.05) is 13.8 Å². The van der Waals surface area contributed by atoms with E-state index >= 15 is 0 Å². The average Bonchev–Trinajstić information content (AvgIpc) is 2.61. The summed E-state index contributed by atoms with van der Waals surface area (Å²) in [5.74, 6) is -1.73. The summed E-state index contributed by atoms with van der Waals surface area (Å²) in [5, 5.41) is 2.73. The first-order chi connectivity index (χ1) is 10.3. The Labute approximate surface area is 128 Å². The van der Waals surface area contributed by atoms with Crippen LogP contribution < -0.4 is 5.32 Å². The molecule has 3 rings (SSSR count). The van der Waals surface area contributed by atoms with Crippen LogP contribution in [0.3, 0.4) is 0 Å². The van der Waals surface area contributed by atoms with Crippen LogP contribution in [0.5, 0.6) is 0 Å². The second-order valence-electron chi connectivity index (χ2n) is 6.74. The standard InChI is InChI=1S/C16H18N2O4/c1-14(2)15(3)6-7-16(14,13(21)22-12(15)20)11(19)18-10-5-4-8-17-9-10/h4-5,8-9H,6-7H2,1-3H3,(H,18,19). The molecule has 1 aromatic rings. The van der Waals surface area contributed by atoms with Gasteiger partial charge in [0.1, 0.15) is 0 Å². The predicted molar refractivity (Wildman–Crippen MR) is 77.5 cm³/mol. The summed E-state index contributed by atoms with van der Waals surface area (Å²) in [7, 11) is 0. The van der Waals surface area contributed by atoms with Crippen LogP contribution in [0.15, 0.2) is 24.5 Å². The van der Waals surface area contributed by atoms with Crippen LogP contribution in [-0.2, 0) is 19.1 Å². The maximum absolute atomic E-state index is 12.9. The Balaban J connectivity index is 2.02. The molecule has 1 aliphatic heterocycles. The number of pyridine rings is 1. The van der Waals surface area contributed by atoms with E-state index in [0.29, 0.717) is 18.5 Å². The molecule has 2 unspecified atom stereocenters. The predicted octanol–water partition coefficient (Wildman–Crippen LogP) is 1.92. The second-order valence-corrected chi connectivity index (χ2v) is 6.74. The summed E-state index contributed by atoms with van der Waals surface area (Å²) >= 11 is 0. The Morgan fingerprint density at radius 1 is 1.23 bits per heavy atom. The molecule has 1 amide bonds. The SMILES string of the molecule is CC12CCC(C(=O)Nc3cccnc3)(C(=O)OC1=O)C2(C)C. The maximum atomic E-state index is 12.9. The normalized spacial score (nSPS) is 32.5. The zero-order valence-corrected chi connectivity index (χ0v) is 12.8. The fourth-order valence-electron chi connectivity index (χ4n) is 3.70. The van der Waals surface area contributed by atoms with Gasteiger partial charge in [-0.3, -0.25) is 19.4 Å². The first-order valence-electron chi connectivity index (χ1n) is 7.24. The Kier molecular flexibility index (Phi) is 2.92. The van der Waals surface area contributed by atoms with E-state index in [1.54, 1.807) is 39.1 Å². The number of nitrogens with one attached hydrogen (secondary N) is 1. The molecule has 1 aliphatic carbocycles. The number of esters is 2. The number of fused-ring (bicyclic) bond motifs is 2. The van der Waals surface area contributed by atoms with Crippen LogP contribution in [0.25, 0.3) is 0 Å². The van der Waals surface area contributed by atoms with E-state index in [2.05, 4.69) is 10.3 Å². The van der Waals surface area contributed by atoms with Gasteiger partial charge in [-0.15, -0.1) is 0 Å². The zero-order chi connectivity index (χ0) is 16.2. The van der Waals surface area contributed by atoms with Crippen LogP contribution in [0, 0.1) is 16.2 Å². The molecular formula is C16H18N2O4. The quantitative estimate of drug-likeness (QED) is 0.666. The highest BCUT2D eigenvalue weighted by atomic mass is 16.6. The third-order valence-corrected chi connectivity index (χ3v) is 5.74. The first-order valence-corrected chi connectivity index (χ1v) is 7.24. The Morgan fingerprint density at radius 3 is 2.59 bits per heavy atom. The van der Waals surface area contributed by atoms with Gasteiger partial charge < -0.3 is 10.1 Å². The highest BCUT2D eigenvalue weighted by Crippen LogP contribution is 2.66. The molecule has 2 heterocycles. The highest BCUT2D eigenvalue weighted by molar-refractivity contribution is 6.14. The van der Waals surface area contributed by atoms with Crippen molar-refractivity contribution in [1.82, 2.24) is 4.98 Å². The van der Waals surface area contributed by atoms with Gasteiger partial charge in [-0.05, 0) is 31.9 Å². The number of ether oxygens (including phenoxy) is 1. The summed E-state index contributed by atoms with van der Waals surface area (Å²) in [4.78, 5) is 41.4. The molecule has 2 aliphatic rings. The van der Waals surface area contributed by atoms with Crippen molar-refractivity contribution in [2.45, 2.75) is 33.6 Å². The maximum Gasteiger partial charge on any atom is 0.329 e. The van der Waals surface area contributed by atoms with Gasteiger partial charge in [-0.25, -0.2) is 0 Å². The molecule has 2 atom stereocenters. The Morgan fingerprint density at radius 2 is 1.95 bits per heavy atom. The number of hydrogen-bond acceptors (Lipinski definition) is 5. The van der Waals surface area contributed by atoms with E-state index in [9.17, 15) is 14.4 Å². The van der Waals surface area contributed by atoms with Gasteiger partial charge in [-0.2, -0.15) is 0 Å². The summed E-state index contributed by atoms with van der Waals surface area (Å²) in [6.07, 6.45) is 3.85. The van der Waals surface area contributed by atoms with Crippen molar-refractivity contribution in [2.75, 3.05) is 5.32 Å². The van der Waals surface area contributed by atoms with Crippen molar-refractivity contribution < 1.29 is 19.1 Å². The highest BCUT2D eigenvalue weighted by Gasteiger charge is 2.75. The largest absolute Gasteiger partial charge is 0.392 e. The van der Waals surface area contributed by atoms with Gasteiger partial charge in [0, 0.05) is 11.6 Å². The average molecular weight is 302 g/mol. The fourth-order valence-corrected chi connectivity index (χ4v) is 3.70. The lowest BCUT2D eigenvalue weighted by Gasteiger charge is -2.47. The Bertz CT molecular complexity index is 670. The van der Waals surface area contributed by atoms with Crippen molar-refractivity contribution in [1.29, 1.82) is 0 Å². The van der Waals surface area contributed by atoms with Gasteiger partial charge in [0.25, 0.3) is 0 Å². The molecule has 2 bridgehead atoms. The summed E-state index contributed by atoms with van der Waals surface area (Å²) in [5.41, 5.74) is -2.51. The molecule has 0 aromatic carbocycles. The number of carbonyl (C=O) groups excluding carboxylic acids is 3. The number of nitrogens with zero attached hydrogens (tertiary/aromatic N) is 1. The third-order valence-electron chi connectivity index (χ3n) is 5.74. The number of rotatable bonds is 2. The molecular weight excluding hydrogens is 284 g/mol.